The van der Waals surface area contributed by atoms with E-state index in [9.17, 15) is 13.2 Å². The Labute approximate surface area is 189 Å². The molecule has 0 unspecified atom stereocenters. The number of amides is 1. The molecule has 0 aliphatic carbocycles. The molecule has 168 valence electrons. The van der Waals surface area contributed by atoms with Crippen LogP contribution in [0.15, 0.2) is 78.9 Å². The molecular formula is C25H28N2O4S. The highest BCUT2D eigenvalue weighted by molar-refractivity contribution is 7.92. The van der Waals surface area contributed by atoms with Crippen molar-refractivity contribution in [2.24, 2.45) is 0 Å². The van der Waals surface area contributed by atoms with E-state index >= 15 is 0 Å². The Bertz CT molecular complexity index is 1140. The minimum absolute atomic E-state index is 0.256. The summed E-state index contributed by atoms with van der Waals surface area (Å²) in [6, 6.07) is 22.6. The lowest BCUT2D eigenvalue weighted by Gasteiger charge is -2.29. The summed E-state index contributed by atoms with van der Waals surface area (Å²) in [6.45, 7) is 5.44. The highest BCUT2D eigenvalue weighted by Crippen LogP contribution is 2.27. The topological polar surface area (TPSA) is 75.7 Å². The fourth-order valence-corrected chi connectivity index (χ4v) is 4.54. The van der Waals surface area contributed by atoms with Crippen molar-refractivity contribution in [2.45, 2.75) is 32.9 Å². The van der Waals surface area contributed by atoms with E-state index in [1.54, 1.807) is 31.2 Å². The smallest absolute Gasteiger partial charge is 0.244 e. The van der Waals surface area contributed by atoms with Crippen molar-refractivity contribution in [3.63, 3.8) is 0 Å². The van der Waals surface area contributed by atoms with Crippen LogP contribution < -0.4 is 14.4 Å². The lowest BCUT2D eigenvalue weighted by atomic mass is 10.1. The van der Waals surface area contributed by atoms with Crippen LogP contribution in [0, 0.1) is 6.92 Å². The normalized spacial score (nSPS) is 13.1. The third-order valence-electron chi connectivity index (χ3n) is 5.09. The van der Waals surface area contributed by atoms with Crippen LogP contribution in [0.4, 0.5) is 5.69 Å². The van der Waals surface area contributed by atoms with Gasteiger partial charge in [-0.15, -0.1) is 0 Å². The molecule has 0 spiro atoms. The first-order valence-electron chi connectivity index (χ1n) is 10.3. The molecule has 0 saturated heterocycles. The second-order valence-corrected chi connectivity index (χ2v) is 9.64. The molecule has 0 aromatic heterocycles. The maximum atomic E-state index is 12.9. The molecule has 2 atom stereocenters. The molecule has 0 aliphatic heterocycles. The third-order valence-corrected chi connectivity index (χ3v) is 6.34. The van der Waals surface area contributed by atoms with Gasteiger partial charge in [0.05, 0.1) is 18.0 Å². The molecule has 6 nitrogen and oxygen atoms in total. The molecule has 32 heavy (non-hydrogen) atoms. The van der Waals surface area contributed by atoms with E-state index < -0.39 is 16.1 Å². The third kappa shape index (κ3) is 5.88. The number of hydrogen-bond acceptors (Lipinski definition) is 4. The van der Waals surface area contributed by atoms with Crippen LogP contribution >= 0.6 is 0 Å². The van der Waals surface area contributed by atoms with Gasteiger partial charge in [-0.1, -0.05) is 48.0 Å². The zero-order valence-electron chi connectivity index (χ0n) is 18.6. The molecule has 0 bridgehead atoms. The summed E-state index contributed by atoms with van der Waals surface area (Å²) in [4.78, 5) is 12.9. The largest absolute Gasteiger partial charge is 0.457 e. The van der Waals surface area contributed by atoms with Crippen LogP contribution in [0.25, 0.3) is 0 Å². The summed E-state index contributed by atoms with van der Waals surface area (Å²) in [5.74, 6) is 0.865. The van der Waals surface area contributed by atoms with Crippen LogP contribution in [0.2, 0.25) is 0 Å². The fraction of sp³-hybridized carbons (Fsp3) is 0.240. The first-order valence-corrected chi connectivity index (χ1v) is 12.2. The van der Waals surface area contributed by atoms with E-state index in [1.807, 2.05) is 68.4 Å². The van der Waals surface area contributed by atoms with Gasteiger partial charge >= 0.3 is 0 Å². The number of anilines is 1. The highest BCUT2D eigenvalue weighted by Gasteiger charge is 2.30. The van der Waals surface area contributed by atoms with Gasteiger partial charge in [-0.05, 0) is 62.7 Å². The molecule has 1 N–H and O–H groups in total. The average molecular weight is 453 g/mol. The van der Waals surface area contributed by atoms with Gasteiger partial charge in [-0.25, -0.2) is 8.42 Å². The minimum Gasteiger partial charge on any atom is -0.457 e. The van der Waals surface area contributed by atoms with E-state index in [4.69, 9.17) is 4.74 Å². The number of aryl methyl sites for hydroxylation is 1. The van der Waals surface area contributed by atoms with Gasteiger partial charge in [0.2, 0.25) is 15.9 Å². The quantitative estimate of drug-likeness (QED) is 0.532. The van der Waals surface area contributed by atoms with Crippen molar-refractivity contribution in [1.82, 2.24) is 5.32 Å². The van der Waals surface area contributed by atoms with Crippen molar-refractivity contribution in [2.75, 3.05) is 10.6 Å². The maximum absolute atomic E-state index is 12.9. The summed E-state index contributed by atoms with van der Waals surface area (Å²) >= 11 is 0. The monoisotopic (exact) mass is 452 g/mol. The van der Waals surface area contributed by atoms with E-state index in [0.29, 0.717) is 17.2 Å². The maximum Gasteiger partial charge on any atom is 0.244 e. The number of carbonyl (C=O) groups excluding carboxylic acids is 1. The predicted molar refractivity (Wildman–Crippen MR) is 127 cm³/mol. The van der Waals surface area contributed by atoms with Gasteiger partial charge < -0.3 is 10.1 Å². The summed E-state index contributed by atoms with van der Waals surface area (Å²) in [6.07, 6.45) is 1.09. The fourth-order valence-electron chi connectivity index (χ4n) is 3.37. The average Bonchev–Trinajstić information content (AvgIpc) is 2.75. The van der Waals surface area contributed by atoms with Crippen molar-refractivity contribution < 1.29 is 17.9 Å². The molecule has 0 fully saturated rings. The molecule has 7 heteroatoms. The van der Waals surface area contributed by atoms with Gasteiger partial charge in [0.15, 0.2) is 0 Å². The minimum atomic E-state index is -3.71. The van der Waals surface area contributed by atoms with E-state index in [-0.39, 0.29) is 11.9 Å². The second kappa shape index (κ2) is 9.87. The predicted octanol–water partition coefficient (Wildman–Crippen LogP) is 4.82. The van der Waals surface area contributed by atoms with Gasteiger partial charge in [0, 0.05) is 0 Å². The number of carbonyl (C=O) groups is 1. The Morgan fingerprint density at radius 2 is 1.44 bits per heavy atom. The molecular weight excluding hydrogens is 424 g/mol. The van der Waals surface area contributed by atoms with Gasteiger partial charge in [0.1, 0.15) is 17.5 Å². The number of nitrogens with zero attached hydrogens (tertiary/aromatic N) is 1. The molecule has 3 rings (SSSR count). The number of benzene rings is 3. The summed E-state index contributed by atoms with van der Waals surface area (Å²) in [7, 11) is -3.71. The second-order valence-electron chi connectivity index (χ2n) is 7.78. The van der Waals surface area contributed by atoms with Gasteiger partial charge in [-0.3, -0.25) is 9.10 Å². The number of nitrogens with one attached hydrogen (secondary N) is 1. The van der Waals surface area contributed by atoms with Crippen molar-refractivity contribution in [3.8, 4) is 11.5 Å². The summed E-state index contributed by atoms with van der Waals surface area (Å²) < 4.78 is 32.0. The number of sulfonamides is 1. The number of hydrogen-bond donors (Lipinski definition) is 1. The Balaban J connectivity index is 1.76. The Kier molecular flexibility index (Phi) is 7.20. The molecule has 0 radical (unpaired) electrons. The standard InChI is InChI=1S/C25H28N2O4S/c1-18-10-12-21(13-11-18)19(2)26-25(28)20(3)27(32(4,29)30)22-14-16-24(17-15-22)31-23-8-6-5-7-9-23/h5-17,19-20H,1-4H3,(H,26,28)/t19-,20+/m0/s1. The van der Waals surface area contributed by atoms with Crippen molar-refractivity contribution >= 4 is 21.6 Å². The number of ether oxygens (including phenoxy) is 1. The molecule has 0 heterocycles. The van der Waals surface area contributed by atoms with Crippen LogP contribution in [0.5, 0.6) is 11.5 Å². The van der Waals surface area contributed by atoms with Crippen molar-refractivity contribution in [3.05, 3.63) is 90.0 Å². The van der Waals surface area contributed by atoms with Crippen LogP contribution in [-0.4, -0.2) is 26.6 Å². The number of rotatable bonds is 8. The summed E-state index contributed by atoms with van der Waals surface area (Å²) in [5.41, 5.74) is 2.46. The molecule has 3 aromatic carbocycles. The Morgan fingerprint density at radius 3 is 2.00 bits per heavy atom. The Hall–Kier alpha value is -3.32. The van der Waals surface area contributed by atoms with Gasteiger partial charge in [-0.2, -0.15) is 0 Å². The van der Waals surface area contributed by atoms with Crippen molar-refractivity contribution in [1.29, 1.82) is 0 Å². The van der Waals surface area contributed by atoms with E-state index in [2.05, 4.69) is 5.32 Å². The summed E-state index contributed by atoms with van der Waals surface area (Å²) in [5, 5.41) is 2.91. The lowest BCUT2D eigenvalue weighted by molar-refractivity contribution is -0.122. The molecule has 3 aromatic rings. The molecule has 1 amide bonds. The van der Waals surface area contributed by atoms with E-state index in [0.717, 1.165) is 21.7 Å². The SMILES string of the molecule is Cc1ccc([C@H](C)NC(=O)[C@@H](C)N(c2ccc(Oc3ccccc3)cc2)S(C)(=O)=O)cc1. The van der Waals surface area contributed by atoms with Crippen LogP contribution in [-0.2, 0) is 14.8 Å². The molecule has 0 saturated carbocycles. The zero-order valence-corrected chi connectivity index (χ0v) is 19.5. The number of para-hydroxylation sites is 1. The van der Waals surface area contributed by atoms with Gasteiger partial charge in [0.25, 0.3) is 0 Å². The van der Waals surface area contributed by atoms with E-state index in [1.165, 1.54) is 0 Å². The first kappa shape index (κ1) is 23.3. The lowest BCUT2D eigenvalue weighted by Crippen LogP contribution is -2.48. The van der Waals surface area contributed by atoms with Crippen LogP contribution in [0.1, 0.15) is 31.0 Å². The first-order chi connectivity index (χ1) is 15.1. The highest BCUT2D eigenvalue weighted by atomic mass is 32.2. The van der Waals surface area contributed by atoms with Crippen LogP contribution in [0.3, 0.4) is 0 Å². The zero-order chi connectivity index (χ0) is 23.3. The Morgan fingerprint density at radius 1 is 0.875 bits per heavy atom. The molecule has 0 aliphatic rings.